The van der Waals surface area contributed by atoms with Crippen molar-refractivity contribution in [2.45, 2.75) is 45.6 Å². The smallest absolute Gasteiger partial charge is 0.0441 e. The Bertz CT molecular complexity index is 536. The van der Waals surface area contributed by atoms with Gasteiger partial charge >= 0.3 is 0 Å². The summed E-state index contributed by atoms with van der Waals surface area (Å²) in [6, 6.07) is 11.2. The van der Waals surface area contributed by atoms with Crippen LogP contribution in [0.4, 0.5) is 0 Å². The first-order valence-corrected chi connectivity index (χ1v) is 8.95. The Morgan fingerprint density at radius 1 is 1.29 bits per heavy atom. The highest BCUT2D eigenvalue weighted by Crippen LogP contribution is 2.21. The molecule has 1 heterocycles. The summed E-state index contributed by atoms with van der Waals surface area (Å²) in [6.45, 7) is 5.26. The van der Waals surface area contributed by atoms with Gasteiger partial charge in [-0.25, -0.2) is 0 Å². The van der Waals surface area contributed by atoms with Crippen LogP contribution in [0.3, 0.4) is 0 Å². The molecule has 1 atom stereocenters. The molecule has 1 aromatic heterocycles. The topological polar surface area (TPSA) is 12.0 Å². The summed E-state index contributed by atoms with van der Waals surface area (Å²) < 4.78 is 0. The van der Waals surface area contributed by atoms with Gasteiger partial charge in [0.2, 0.25) is 0 Å². The SMILES string of the molecule is CCNC(CCCc1cccs1)Cc1ccc(C)cc1Cl. The molecule has 1 N–H and O–H groups in total. The van der Waals surface area contributed by atoms with E-state index in [9.17, 15) is 0 Å². The van der Waals surface area contributed by atoms with E-state index in [4.69, 9.17) is 11.6 Å². The Morgan fingerprint density at radius 3 is 2.81 bits per heavy atom. The van der Waals surface area contributed by atoms with Gasteiger partial charge in [0.15, 0.2) is 0 Å². The summed E-state index contributed by atoms with van der Waals surface area (Å²) in [4.78, 5) is 1.48. The monoisotopic (exact) mass is 321 g/mol. The number of halogens is 1. The van der Waals surface area contributed by atoms with Crippen molar-refractivity contribution in [3.05, 3.63) is 56.7 Å². The summed E-state index contributed by atoms with van der Waals surface area (Å²) in [6.07, 6.45) is 4.61. The van der Waals surface area contributed by atoms with E-state index in [1.54, 1.807) is 0 Å². The van der Waals surface area contributed by atoms with Crippen LogP contribution in [0, 0.1) is 6.92 Å². The van der Waals surface area contributed by atoms with Gasteiger partial charge < -0.3 is 5.32 Å². The van der Waals surface area contributed by atoms with Crippen LogP contribution in [0.5, 0.6) is 0 Å². The zero-order valence-electron chi connectivity index (χ0n) is 12.9. The normalized spacial score (nSPS) is 12.5. The molecule has 114 valence electrons. The highest BCUT2D eigenvalue weighted by molar-refractivity contribution is 7.09. The van der Waals surface area contributed by atoms with Crippen molar-refractivity contribution >= 4 is 22.9 Å². The van der Waals surface area contributed by atoms with Crippen molar-refractivity contribution < 1.29 is 0 Å². The second-order valence-electron chi connectivity index (χ2n) is 5.53. The number of nitrogens with one attached hydrogen (secondary N) is 1. The van der Waals surface area contributed by atoms with E-state index in [0.717, 1.165) is 18.0 Å². The maximum absolute atomic E-state index is 6.36. The van der Waals surface area contributed by atoms with Crippen LogP contribution in [-0.2, 0) is 12.8 Å². The van der Waals surface area contributed by atoms with Crippen LogP contribution in [-0.4, -0.2) is 12.6 Å². The Hall–Kier alpha value is -0.830. The number of rotatable bonds is 8. The van der Waals surface area contributed by atoms with Crippen LogP contribution in [0.15, 0.2) is 35.7 Å². The van der Waals surface area contributed by atoms with E-state index in [1.165, 1.54) is 35.3 Å². The first kappa shape index (κ1) is 16.5. The molecule has 1 aromatic carbocycles. The lowest BCUT2D eigenvalue weighted by molar-refractivity contribution is 0.477. The predicted octanol–water partition coefficient (Wildman–Crippen LogP) is 5.25. The van der Waals surface area contributed by atoms with Crippen molar-refractivity contribution in [2.24, 2.45) is 0 Å². The van der Waals surface area contributed by atoms with Gasteiger partial charge in [-0.1, -0.05) is 36.7 Å². The minimum atomic E-state index is 0.509. The van der Waals surface area contributed by atoms with E-state index >= 15 is 0 Å². The number of benzene rings is 1. The minimum Gasteiger partial charge on any atom is -0.314 e. The summed E-state index contributed by atoms with van der Waals surface area (Å²) in [5, 5.41) is 6.65. The molecule has 3 heteroatoms. The summed E-state index contributed by atoms with van der Waals surface area (Å²) in [5.74, 6) is 0. The lowest BCUT2D eigenvalue weighted by Crippen LogP contribution is -2.31. The van der Waals surface area contributed by atoms with Gasteiger partial charge in [-0.3, -0.25) is 0 Å². The fraction of sp³-hybridized carbons (Fsp3) is 0.444. The van der Waals surface area contributed by atoms with Gasteiger partial charge in [-0.15, -0.1) is 11.3 Å². The standard InChI is InChI=1S/C18H24ClNS/c1-3-20-16(6-4-7-17-8-5-11-21-17)13-15-10-9-14(2)12-18(15)19/h5,8-12,16,20H,3-4,6-7,13H2,1-2H3. The van der Waals surface area contributed by atoms with Gasteiger partial charge in [0.1, 0.15) is 0 Å². The number of aryl methyl sites for hydroxylation is 2. The molecule has 0 saturated carbocycles. The van der Waals surface area contributed by atoms with Gasteiger partial charge in [-0.2, -0.15) is 0 Å². The quantitative estimate of drug-likeness (QED) is 0.700. The molecule has 1 unspecified atom stereocenters. The third-order valence-electron chi connectivity index (χ3n) is 3.72. The Morgan fingerprint density at radius 2 is 2.14 bits per heavy atom. The zero-order valence-corrected chi connectivity index (χ0v) is 14.4. The fourth-order valence-corrected chi connectivity index (χ4v) is 3.69. The maximum Gasteiger partial charge on any atom is 0.0441 e. The number of thiophene rings is 1. The molecular formula is C18H24ClNS. The molecular weight excluding hydrogens is 298 g/mol. The molecule has 0 aliphatic carbocycles. The second kappa shape index (κ2) is 8.57. The van der Waals surface area contributed by atoms with E-state index in [-0.39, 0.29) is 0 Å². The zero-order chi connectivity index (χ0) is 15.1. The van der Waals surface area contributed by atoms with Crippen molar-refractivity contribution in [1.82, 2.24) is 5.32 Å². The lowest BCUT2D eigenvalue weighted by atomic mass is 9.99. The third kappa shape index (κ3) is 5.46. The van der Waals surface area contributed by atoms with Gasteiger partial charge in [0.05, 0.1) is 0 Å². The van der Waals surface area contributed by atoms with Crippen LogP contribution in [0.2, 0.25) is 5.02 Å². The van der Waals surface area contributed by atoms with Crippen LogP contribution in [0.1, 0.15) is 35.8 Å². The predicted molar refractivity (Wildman–Crippen MR) is 94.6 cm³/mol. The van der Waals surface area contributed by atoms with E-state index in [0.29, 0.717) is 6.04 Å². The highest BCUT2D eigenvalue weighted by atomic mass is 35.5. The van der Waals surface area contributed by atoms with Crippen LogP contribution >= 0.6 is 22.9 Å². The van der Waals surface area contributed by atoms with Gasteiger partial charge in [0.25, 0.3) is 0 Å². The molecule has 0 aliphatic heterocycles. The minimum absolute atomic E-state index is 0.509. The molecule has 0 spiro atoms. The largest absolute Gasteiger partial charge is 0.314 e. The van der Waals surface area contributed by atoms with Crippen molar-refractivity contribution in [3.63, 3.8) is 0 Å². The molecule has 0 saturated heterocycles. The van der Waals surface area contributed by atoms with Crippen LogP contribution < -0.4 is 5.32 Å². The molecule has 0 amide bonds. The molecule has 21 heavy (non-hydrogen) atoms. The van der Waals surface area contributed by atoms with Crippen LogP contribution in [0.25, 0.3) is 0 Å². The van der Waals surface area contributed by atoms with E-state index in [2.05, 4.69) is 54.9 Å². The van der Waals surface area contributed by atoms with Crippen molar-refractivity contribution in [2.75, 3.05) is 6.54 Å². The average Bonchev–Trinajstić information content (AvgIpc) is 2.95. The number of hydrogen-bond donors (Lipinski definition) is 1. The summed E-state index contributed by atoms with van der Waals surface area (Å²) >= 11 is 8.22. The second-order valence-corrected chi connectivity index (χ2v) is 6.96. The highest BCUT2D eigenvalue weighted by Gasteiger charge is 2.11. The number of likely N-dealkylation sites (N-methyl/N-ethyl adjacent to an activating group) is 1. The average molecular weight is 322 g/mol. The molecule has 2 rings (SSSR count). The molecule has 0 bridgehead atoms. The summed E-state index contributed by atoms with van der Waals surface area (Å²) in [5.41, 5.74) is 2.48. The molecule has 0 fully saturated rings. The molecule has 2 aromatic rings. The van der Waals surface area contributed by atoms with E-state index in [1.807, 2.05) is 11.3 Å². The third-order valence-corrected chi connectivity index (χ3v) is 5.01. The van der Waals surface area contributed by atoms with Gasteiger partial charge in [-0.05, 0) is 67.8 Å². The van der Waals surface area contributed by atoms with Crippen molar-refractivity contribution in [3.8, 4) is 0 Å². The number of hydrogen-bond acceptors (Lipinski definition) is 2. The molecule has 1 nitrogen and oxygen atoms in total. The molecule has 0 aliphatic rings. The summed E-state index contributed by atoms with van der Waals surface area (Å²) in [7, 11) is 0. The first-order chi connectivity index (χ1) is 10.2. The van der Waals surface area contributed by atoms with E-state index < -0.39 is 0 Å². The fourth-order valence-electron chi connectivity index (χ4n) is 2.63. The molecule has 0 radical (unpaired) electrons. The first-order valence-electron chi connectivity index (χ1n) is 7.70. The Labute approximate surface area is 137 Å². The lowest BCUT2D eigenvalue weighted by Gasteiger charge is -2.18. The maximum atomic E-state index is 6.36. The van der Waals surface area contributed by atoms with Gasteiger partial charge in [0, 0.05) is 15.9 Å². The Balaban J connectivity index is 1.88. The van der Waals surface area contributed by atoms with Crippen molar-refractivity contribution in [1.29, 1.82) is 0 Å². The Kier molecular flexibility index (Phi) is 6.75.